The molecule has 2 aromatic heterocycles. The summed E-state index contributed by atoms with van der Waals surface area (Å²) in [6.07, 6.45) is 8.62. The first kappa shape index (κ1) is 21.5. The van der Waals surface area contributed by atoms with Crippen molar-refractivity contribution >= 4 is 26.4 Å². The fraction of sp³-hybridized carbons (Fsp3) is 0.222. The highest BCUT2D eigenvalue weighted by Gasteiger charge is 2.43. The summed E-state index contributed by atoms with van der Waals surface area (Å²) in [6, 6.07) is 18.7. The molecule has 0 N–H and O–H groups in total. The molecule has 0 amide bonds. The van der Waals surface area contributed by atoms with Crippen molar-refractivity contribution < 1.29 is 13.2 Å². The highest BCUT2D eigenvalue weighted by atomic mass is 32.2. The molecule has 0 saturated heterocycles. The Morgan fingerprint density at radius 3 is 2.48 bits per heavy atom. The van der Waals surface area contributed by atoms with Gasteiger partial charge in [-0.05, 0) is 65.1 Å². The average molecular weight is 457 g/mol. The zero-order valence-electron chi connectivity index (χ0n) is 18.1. The number of fused-ring (bicyclic) bond motifs is 1. The SMILES string of the molecule is O=C(Cc1ccc2cnccc2c1)C1CC1c1ccc(S(=O)(=O)CCc2cccnc2)cc1. The number of nitrogens with zero attached hydrogens (tertiary/aromatic N) is 2. The number of Topliss-reactive ketones (excluding diaryl/α,β-unsaturated/α-hetero) is 1. The number of hydrogen-bond acceptors (Lipinski definition) is 5. The molecule has 1 aliphatic rings. The zero-order chi connectivity index (χ0) is 22.8. The zero-order valence-corrected chi connectivity index (χ0v) is 18.9. The van der Waals surface area contributed by atoms with Crippen LogP contribution >= 0.6 is 0 Å². The van der Waals surface area contributed by atoms with Crippen LogP contribution in [0.15, 0.2) is 90.3 Å². The first-order valence-corrected chi connectivity index (χ1v) is 12.7. The van der Waals surface area contributed by atoms with Crippen LogP contribution in [0.2, 0.25) is 0 Å². The van der Waals surface area contributed by atoms with Crippen molar-refractivity contribution in [3.63, 3.8) is 0 Å². The summed E-state index contributed by atoms with van der Waals surface area (Å²) >= 11 is 0. The third-order valence-electron chi connectivity index (χ3n) is 6.34. The van der Waals surface area contributed by atoms with Crippen molar-refractivity contribution in [2.45, 2.75) is 30.1 Å². The van der Waals surface area contributed by atoms with E-state index in [0.29, 0.717) is 17.7 Å². The van der Waals surface area contributed by atoms with Gasteiger partial charge in [0.05, 0.1) is 10.6 Å². The molecule has 0 radical (unpaired) electrons. The van der Waals surface area contributed by atoms with Crippen LogP contribution in [0, 0.1) is 5.92 Å². The summed E-state index contributed by atoms with van der Waals surface area (Å²) in [5, 5.41) is 2.15. The number of rotatable bonds is 8. The van der Waals surface area contributed by atoms with Crippen LogP contribution in [-0.4, -0.2) is 29.9 Å². The molecule has 5 rings (SSSR count). The second kappa shape index (κ2) is 8.87. The molecule has 33 heavy (non-hydrogen) atoms. The maximum Gasteiger partial charge on any atom is 0.178 e. The third-order valence-corrected chi connectivity index (χ3v) is 8.07. The number of aromatic nitrogens is 2. The molecular weight excluding hydrogens is 432 g/mol. The average Bonchev–Trinajstić information content (AvgIpc) is 3.65. The van der Waals surface area contributed by atoms with Crippen LogP contribution < -0.4 is 0 Å². The van der Waals surface area contributed by atoms with Gasteiger partial charge in [-0.1, -0.05) is 36.4 Å². The molecule has 2 aromatic carbocycles. The van der Waals surface area contributed by atoms with Crippen molar-refractivity contribution in [2.75, 3.05) is 5.75 Å². The minimum Gasteiger partial charge on any atom is -0.299 e. The van der Waals surface area contributed by atoms with E-state index in [1.54, 1.807) is 30.7 Å². The lowest BCUT2D eigenvalue weighted by atomic mass is 10.0. The van der Waals surface area contributed by atoms with Crippen LogP contribution in [0.3, 0.4) is 0 Å². The summed E-state index contributed by atoms with van der Waals surface area (Å²) in [5.74, 6) is 0.465. The van der Waals surface area contributed by atoms with Gasteiger partial charge in [0.25, 0.3) is 0 Å². The molecule has 0 spiro atoms. The molecule has 0 bridgehead atoms. The maximum absolute atomic E-state index is 12.8. The number of carbonyl (C=O) groups is 1. The van der Waals surface area contributed by atoms with Crippen LogP contribution in [0.25, 0.3) is 10.8 Å². The van der Waals surface area contributed by atoms with Gasteiger partial charge >= 0.3 is 0 Å². The molecule has 0 aliphatic heterocycles. The maximum atomic E-state index is 12.8. The Hall–Kier alpha value is -3.38. The highest BCUT2D eigenvalue weighted by molar-refractivity contribution is 7.91. The monoisotopic (exact) mass is 456 g/mol. The summed E-state index contributed by atoms with van der Waals surface area (Å²) in [6.45, 7) is 0. The summed E-state index contributed by atoms with van der Waals surface area (Å²) in [5.41, 5.74) is 2.95. The number of benzene rings is 2. The van der Waals surface area contributed by atoms with E-state index in [2.05, 4.69) is 16.0 Å². The van der Waals surface area contributed by atoms with Crippen molar-refractivity contribution in [3.05, 3.63) is 102 Å². The summed E-state index contributed by atoms with van der Waals surface area (Å²) < 4.78 is 25.4. The fourth-order valence-corrected chi connectivity index (χ4v) is 5.62. The fourth-order valence-electron chi connectivity index (χ4n) is 4.33. The van der Waals surface area contributed by atoms with Crippen LogP contribution in [0.4, 0.5) is 0 Å². The van der Waals surface area contributed by atoms with Gasteiger partial charge in [-0.25, -0.2) is 8.42 Å². The lowest BCUT2D eigenvalue weighted by Crippen LogP contribution is -2.09. The largest absolute Gasteiger partial charge is 0.299 e. The molecule has 2 heterocycles. The second-order valence-electron chi connectivity index (χ2n) is 8.65. The topological polar surface area (TPSA) is 77.0 Å². The molecule has 1 fully saturated rings. The molecule has 6 heteroatoms. The minimum atomic E-state index is -3.37. The lowest BCUT2D eigenvalue weighted by Gasteiger charge is -2.07. The molecule has 166 valence electrons. The van der Waals surface area contributed by atoms with E-state index in [-0.39, 0.29) is 23.4 Å². The van der Waals surface area contributed by atoms with Crippen molar-refractivity contribution in [3.8, 4) is 0 Å². The van der Waals surface area contributed by atoms with E-state index in [0.717, 1.165) is 33.9 Å². The molecule has 1 saturated carbocycles. The Kier molecular flexibility index (Phi) is 5.77. The quantitative estimate of drug-likeness (QED) is 0.388. The first-order valence-electron chi connectivity index (χ1n) is 11.1. The minimum absolute atomic E-state index is 0.00572. The Morgan fingerprint density at radius 1 is 0.879 bits per heavy atom. The number of hydrogen-bond donors (Lipinski definition) is 0. The molecule has 5 nitrogen and oxygen atoms in total. The normalized spacial score (nSPS) is 17.7. The van der Waals surface area contributed by atoms with Gasteiger partial charge in [-0.15, -0.1) is 0 Å². The Labute approximate surface area is 193 Å². The van der Waals surface area contributed by atoms with Crippen molar-refractivity contribution in [1.29, 1.82) is 0 Å². The third kappa shape index (κ3) is 4.86. The number of ketones is 1. The van der Waals surface area contributed by atoms with Crippen LogP contribution in [-0.2, 0) is 27.5 Å². The van der Waals surface area contributed by atoms with E-state index >= 15 is 0 Å². The van der Waals surface area contributed by atoms with Crippen LogP contribution in [0.5, 0.6) is 0 Å². The molecule has 2 atom stereocenters. The van der Waals surface area contributed by atoms with Crippen molar-refractivity contribution in [2.24, 2.45) is 5.92 Å². The number of pyridine rings is 2. The Balaban J connectivity index is 1.20. The highest BCUT2D eigenvalue weighted by Crippen LogP contribution is 2.48. The van der Waals surface area contributed by atoms with E-state index in [9.17, 15) is 13.2 Å². The van der Waals surface area contributed by atoms with Gasteiger partial charge < -0.3 is 0 Å². The molecule has 2 unspecified atom stereocenters. The van der Waals surface area contributed by atoms with Crippen LogP contribution in [0.1, 0.15) is 29.0 Å². The molecular formula is C27H24N2O3S. The van der Waals surface area contributed by atoms with Crippen molar-refractivity contribution in [1.82, 2.24) is 9.97 Å². The van der Waals surface area contributed by atoms with Gasteiger partial charge in [-0.3, -0.25) is 14.8 Å². The lowest BCUT2D eigenvalue weighted by molar-refractivity contribution is -0.119. The Bertz CT molecular complexity index is 1400. The standard InChI is InChI=1S/C27H24N2O3S/c30-27(15-20-3-4-23-18-29-12-9-22(23)14-20)26-16-25(26)21-5-7-24(8-6-21)33(31,32)13-10-19-2-1-11-28-17-19/h1-9,11-12,14,17-18,25-26H,10,13,15-16H2. The van der Waals surface area contributed by atoms with E-state index in [4.69, 9.17) is 0 Å². The first-order chi connectivity index (χ1) is 16.0. The molecule has 4 aromatic rings. The Morgan fingerprint density at radius 2 is 1.70 bits per heavy atom. The van der Waals surface area contributed by atoms with E-state index in [1.807, 2.05) is 48.7 Å². The number of sulfone groups is 1. The van der Waals surface area contributed by atoms with Gasteiger partial charge in [-0.2, -0.15) is 0 Å². The summed E-state index contributed by atoms with van der Waals surface area (Å²) in [4.78, 5) is 21.3. The predicted octanol–water partition coefficient (Wildman–Crippen LogP) is 4.56. The van der Waals surface area contributed by atoms with E-state index < -0.39 is 9.84 Å². The predicted molar refractivity (Wildman–Crippen MR) is 128 cm³/mol. The van der Waals surface area contributed by atoms with Gasteiger partial charge in [0.1, 0.15) is 5.78 Å². The van der Waals surface area contributed by atoms with Gasteiger partial charge in [0, 0.05) is 42.5 Å². The van der Waals surface area contributed by atoms with Gasteiger partial charge in [0.15, 0.2) is 9.84 Å². The second-order valence-corrected chi connectivity index (χ2v) is 10.8. The smallest absolute Gasteiger partial charge is 0.178 e. The molecule has 1 aliphatic carbocycles. The van der Waals surface area contributed by atoms with Gasteiger partial charge in [0.2, 0.25) is 0 Å². The van der Waals surface area contributed by atoms with E-state index in [1.165, 1.54) is 0 Å². The summed E-state index contributed by atoms with van der Waals surface area (Å²) in [7, 11) is -3.37. The number of aryl methyl sites for hydroxylation is 1. The number of carbonyl (C=O) groups excluding carboxylic acids is 1.